The Balaban J connectivity index is 2.19. The maximum Gasteiger partial charge on any atom is 0.263 e. The minimum Gasteiger partial charge on any atom is -0.397 e. The molecule has 1 aliphatic rings. The van der Waals surface area contributed by atoms with E-state index < -0.39 is 0 Å². The number of hydrogen-bond donors (Lipinski definition) is 3. The molecule has 1 aliphatic heterocycles. The molecule has 1 atom stereocenters. The molecule has 0 radical (unpaired) electrons. The molecule has 1 fully saturated rings. The minimum atomic E-state index is -0.282. The maximum atomic E-state index is 11.5. The second-order valence-corrected chi connectivity index (χ2v) is 5.22. The van der Waals surface area contributed by atoms with E-state index in [0.29, 0.717) is 17.1 Å². The van der Waals surface area contributed by atoms with Gasteiger partial charge in [-0.05, 0) is 18.9 Å². The summed E-state index contributed by atoms with van der Waals surface area (Å²) in [6.07, 6.45) is 1.53. The molecule has 17 heavy (non-hydrogen) atoms. The van der Waals surface area contributed by atoms with Crippen molar-refractivity contribution >= 4 is 27.9 Å². The maximum absolute atomic E-state index is 11.5. The third-order valence-corrected chi connectivity index (χ3v) is 4.10. The summed E-state index contributed by atoms with van der Waals surface area (Å²) in [6, 6.07) is 1.81. The Morgan fingerprint density at radius 2 is 2.47 bits per heavy atom. The van der Waals surface area contributed by atoms with Crippen LogP contribution in [0.15, 0.2) is 6.07 Å². The summed E-state index contributed by atoms with van der Waals surface area (Å²) in [5.74, 6) is -0.156. The molecule has 2 rings (SSSR count). The van der Waals surface area contributed by atoms with E-state index >= 15 is 0 Å². The smallest absolute Gasteiger partial charge is 0.263 e. The van der Waals surface area contributed by atoms with Crippen LogP contribution in [0.2, 0.25) is 0 Å². The number of carbonyl (C=O) groups is 1. The molecule has 2 heterocycles. The lowest BCUT2D eigenvalue weighted by molar-refractivity contribution is 0.0968. The van der Waals surface area contributed by atoms with E-state index in [1.165, 1.54) is 11.3 Å². The van der Waals surface area contributed by atoms with Crippen LogP contribution in [0.1, 0.15) is 22.5 Å². The Hall–Kier alpha value is -1.27. The molecule has 94 valence electrons. The standard InChI is InChI=1S/C11H17N3O2S/c1-13-11(16)10-8(12)5-9(17-10)14-4-2-3-7(15)6-14/h5,7,15H,2-4,6,12H2,1H3,(H,13,16). The number of β-amino-alcohol motifs (C(OH)–C–C–N with tert-alkyl or cyclic N) is 1. The minimum absolute atomic E-state index is 0.156. The summed E-state index contributed by atoms with van der Waals surface area (Å²) in [4.78, 5) is 14.2. The number of nitrogen functional groups attached to an aromatic ring is 1. The van der Waals surface area contributed by atoms with E-state index in [4.69, 9.17) is 5.73 Å². The van der Waals surface area contributed by atoms with Crippen LogP contribution >= 0.6 is 11.3 Å². The zero-order chi connectivity index (χ0) is 12.4. The monoisotopic (exact) mass is 255 g/mol. The van der Waals surface area contributed by atoms with Crippen molar-refractivity contribution in [2.45, 2.75) is 18.9 Å². The fourth-order valence-corrected chi connectivity index (χ4v) is 3.05. The van der Waals surface area contributed by atoms with Gasteiger partial charge in [0.05, 0.1) is 16.8 Å². The fourth-order valence-electron chi connectivity index (χ4n) is 1.99. The van der Waals surface area contributed by atoms with Gasteiger partial charge in [0.25, 0.3) is 5.91 Å². The number of nitrogens with one attached hydrogen (secondary N) is 1. The lowest BCUT2D eigenvalue weighted by atomic mass is 10.1. The van der Waals surface area contributed by atoms with Gasteiger partial charge in [0, 0.05) is 20.1 Å². The highest BCUT2D eigenvalue weighted by Gasteiger charge is 2.21. The zero-order valence-corrected chi connectivity index (χ0v) is 10.6. The largest absolute Gasteiger partial charge is 0.397 e. The lowest BCUT2D eigenvalue weighted by Gasteiger charge is -2.30. The van der Waals surface area contributed by atoms with Gasteiger partial charge in [0.2, 0.25) is 0 Å². The summed E-state index contributed by atoms with van der Waals surface area (Å²) in [6.45, 7) is 1.53. The van der Waals surface area contributed by atoms with Crippen molar-refractivity contribution in [1.82, 2.24) is 5.32 Å². The zero-order valence-electron chi connectivity index (χ0n) is 9.77. The van der Waals surface area contributed by atoms with E-state index in [0.717, 1.165) is 24.4 Å². The van der Waals surface area contributed by atoms with Gasteiger partial charge >= 0.3 is 0 Å². The first-order valence-corrected chi connectivity index (χ1v) is 6.48. The predicted molar refractivity (Wildman–Crippen MR) is 69.6 cm³/mol. The van der Waals surface area contributed by atoms with Gasteiger partial charge in [-0.15, -0.1) is 11.3 Å². The van der Waals surface area contributed by atoms with Gasteiger partial charge < -0.3 is 21.1 Å². The molecule has 1 amide bonds. The van der Waals surface area contributed by atoms with E-state index in [1.807, 2.05) is 6.07 Å². The van der Waals surface area contributed by atoms with Crippen molar-refractivity contribution in [2.75, 3.05) is 30.8 Å². The predicted octanol–water partition coefficient (Wildman–Crippen LogP) is 0.651. The average molecular weight is 255 g/mol. The number of nitrogens with two attached hydrogens (primary N) is 1. The van der Waals surface area contributed by atoms with E-state index in [9.17, 15) is 9.90 Å². The van der Waals surface area contributed by atoms with Crippen molar-refractivity contribution in [3.8, 4) is 0 Å². The molecule has 1 aromatic heterocycles. The van der Waals surface area contributed by atoms with Gasteiger partial charge in [-0.25, -0.2) is 0 Å². The summed E-state index contributed by atoms with van der Waals surface area (Å²) < 4.78 is 0. The van der Waals surface area contributed by atoms with E-state index in [1.54, 1.807) is 7.05 Å². The molecule has 0 bridgehead atoms. The SMILES string of the molecule is CNC(=O)c1sc(N2CCCC(O)C2)cc1N. The Morgan fingerprint density at radius 1 is 1.71 bits per heavy atom. The first-order chi connectivity index (χ1) is 8.11. The summed E-state index contributed by atoms with van der Waals surface area (Å²) in [5.41, 5.74) is 6.32. The Kier molecular flexibility index (Phi) is 3.54. The van der Waals surface area contributed by atoms with Gasteiger partial charge in [-0.3, -0.25) is 4.79 Å². The van der Waals surface area contributed by atoms with Crippen LogP contribution in [0.5, 0.6) is 0 Å². The molecule has 1 unspecified atom stereocenters. The third kappa shape index (κ3) is 2.53. The van der Waals surface area contributed by atoms with Crippen LogP contribution in [-0.2, 0) is 0 Å². The highest BCUT2D eigenvalue weighted by Crippen LogP contribution is 2.33. The van der Waals surface area contributed by atoms with Crippen molar-refractivity contribution in [3.63, 3.8) is 0 Å². The van der Waals surface area contributed by atoms with E-state index in [2.05, 4.69) is 10.2 Å². The molecular weight excluding hydrogens is 238 g/mol. The Labute approximate surface area is 104 Å². The average Bonchev–Trinajstić information content (AvgIpc) is 2.70. The number of aliphatic hydroxyl groups excluding tert-OH is 1. The van der Waals surface area contributed by atoms with Gasteiger partial charge in [-0.1, -0.05) is 0 Å². The highest BCUT2D eigenvalue weighted by atomic mass is 32.1. The molecule has 5 nitrogen and oxygen atoms in total. The molecular formula is C11H17N3O2S. The quantitative estimate of drug-likeness (QED) is 0.725. The molecule has 0 aromatic carbocycles. The molecule has 6 heteroatoms. The first-order valence-electron chi connectivity index (χ1n) is 5.66. The molecule has 0 saturated carbocycles. The number of hydrogen-bond acceptors (Lipinski definition) is 5. The van der Waals surface area contributed by atoms with Crippen LogP contribution < -0.4 is 16.0 Å². The molecule has 4 N–H and O–H groups in total. The number of anilines is 2. The number of piperidine rings is 1. The van der Waals surface area contributed by atoms with Crippen LogP contribution in [0.4, 0.5) is 10.7 Å². The Bertz CT molecular complexity index is 419. The molecule has 0 spiro atoms. The van der Waals surface area contributed by atoms with Crippen molar-refractivity contribution < 1.29 is 9.90 Å². The number of carbonyl (C=O) groups excluding carboxylic acids is 1. The van der Waals surface area contributed by atoms with Crippen LogP contribution in [0.3, 0.4) is 0 Å². The molecule has 0 aliphatic carbocycles. The van der Waals surface area contributed by atoms with Crippen molar-refractivity contribution in [2.24, 2.45) is 0 Å². The number of amides is 1. The fraction of sp³-hybridized carbons (Fsp3) is 0.545. The van der Waals surface area contributed by atoms with Crippen LogP contribution in [0.25, 0.3) is 0 Å². The second kappa shape index (κ2) is 4.93. The van der Waals surface area contributed by atoms with Crippen molar-refractivity contribution in [3.05, 3.63) is 10.9 Å². The van der Waals surface area contributed by atoms with E-state index in [-0.39, 0.29) is 12.0 Å². The summed E-state index contributed by atoms with van der Waals surface area (Å²) in [7, 11) is 1.59. The molecule has 1 aromatic rings. The number of aliphatic hydroxyl groups is 1. The highest BCUT2D eigenvalue weighted by molar-refractivity contribution is 7.18. The summed E-state index contributed by atoms with van der Waals surface area (Å²) in [5, 5.41) is 13.2. The lowest BCUT2D eigenvalue weighted by Crippen LogP contribution is -2.37. The van der Waals surface area contributed by atoms with Crippen LogP contribution in [0, 0.1) is 0 Å². The normalized spacial score (nSPS) is 20.4. The van der Waals surface area contributed by atoms with Crippen molar-refractivity contribution in [1.29, 1.82) is 0 Å². The topological polar surface area (TPSA) is 78.6 Å². The second-order valence-electron chi connectivity index (χ2n) is 4.19. The summed E-state index contributed by atoms with van der Waals surface area (Å²) >= 11 is 1.38. The number of thiophene rings is 1. The van der Waals surface area contributed by atoms with Crippen LogP contribution in [-0.4, -0.2) is 37.3 Å². The Morgan fingerprint density at radius 3 is 3.12 bits per heavy atom. The van der Waals surface area contributed by atoms with Gasteiger partial charge in [0.1, 0.15) is 4.88 Å². The number of rotatable bonds is 2. The van der Waals surface area contributed by atoms with Gasteiger partial charge in [0.15, 0.2) is 0 Å². The van der Waals surface area contributed by atoms with Gasteiger partial charge in [-0.2, -0.15) is 0 Å². The number of nitrogens with zero attached hydrogens (tertiary/aromatic N) is 1. The third-order valence-electron chi connectivity index (χ3n) is 2.89. The first kappa shape index (κ1) is 12.2. The molecule has 1 saturated heterocycles.